The summed E-state index contributed by atoms with van der Waals surface area (Å²) in [6.07, 6.45) is 2.55. The van der Waals surface area contributed by atoms with Crippen molar-refractivity contribution in [3.05, 3.63) is 53.6 Å². The van der Waals surface area contributed by atoms with Gasteiger partial charge in [0.1, 0.15) is 6.61 Å². The summed E-state index contributed by atoms with van der Waals surface area (Å²) in [6.45, 7) is 2.38. The SMILES string of the molecule is CCCc1ccc(S(=O)(=O)N[C@@H]2COc3c(cccc3OC)C2)cc1. The molecule has 1 N–H and O–H groups in total. The van der Waals surface area contributed by atoms with Gasteiger partial charge < -0.3 is 9.47 Å². The lowest BCUT2D eigenvalue weighted by Crippen LogP contribution is -2.42. The lowest BCUT2D eigenvalue weighted by molar-refractivity contribution is 0.240. The number of sulfonamides is 1. The van der Waals surface area contributed by atoms with E-state index in [4.69, 9.17) is 9.47 Å². The fourth-order valence-electron chi connectivity index (χ4n) is 3.04. The van der Waals surface area contributed by atoms with Crippen molar-refractivity contribution in [2.45, 2.75) is 37.1 Å². The van der Waals surface area contributed by atoms with Crippen molar-refractivity contribution in [3.8, 4) is 11.5 Å². The van der Waals surface area contributed by atoms with Gasteiger partial charge in [0, 0.05) is 0 Å². The highest BCUT2D eigenvalue weighted by Crippen LogP contribution is 2.34. The summed E-state index contributed by atoms with van der Waals surface area (Å²) in [7, 11) is -1.98. The molecule has 0 aliphatic carbocycles. The van der Waals surface area contributed by atoms with Crippen LogP contribution in [-0.2, 0) is 22.9 Å². The second-order valence-corrected chi connectivity index (χ2v) is 7.89. The number of para-hydroxylation sites is 1. The van der Waals surface area contributed by atoms with Gasteiger partial charge in [-0.15, -0.1) is 0 Å². The molecule has 0 bridgehead atoms. The first-order valence-corrected chi connectivity index (χ1v) is 9.91. The van der Waals surface area contributed by atoms with E-state index in [-0.39, 0.29) is 17.5 Å². The van der Waals surface area contributed by atoms with E-state index in [9.17, 15) is 8.42 Å². The van der Waals surface area contributed by atoms with Crippen LogP contribution in [0.5, 0.6) is 11.5 Å². The van der Waals surface area contributed by atoms with Crippen molar-refractivity contribution >= 4 is 10.0 Å². The number of hydrogen-bond acceptors (Lipinski definition) is 4. The molecule has 2 aromatic carbocycles. The van der Waals surface area contributed by atoms with Crippen molar-refractivity contribution in [1.82, 2.24) is 4.72 Å². The normalized spacial score (nSPS) is 16.8. The molecule has 0 spiro atoms. The number of benzene rings is 2. The Kier molecular flexibility index (Phi) is 5.30. The van der Waals surface area contributed by atoms with Gasteiger partial charge in [0.15, 0.2) is 11.5 Å². The first-order chi connectivity index (χ1) is 12.0. The maximum atomic E-state index is 12.6. The predicted molar refractivity (Wildman–Crippen MR) is 96.7 cm³/mol. The number of fused-ring (bicyclic) bond motifs is 1. The van der Waals surface area contributed by atoms with Crippen LogP contribution in [0.2, 0.25) is 0 Å². The standard InChI is InChI=1S/C19H23NO4S/c1-3-5-14-8-10-17(11-9-14)25(21,22)20-16-12-15-6-4-7-18(23-2)19(15)24-13-16/h4,6-11,16,20H,3,5,12-13H2,1-2H3/t16-/m0/s1. The van der Waals surface area contributed by atoms with Gasteiger partial charge in [-0.25, -0.2) is 13.1 Å². The van der Waals surface area contributed by atoms with Crippen molar-refractivity contribution in [2.24, 2.45) is 0 Å². The molecule has 1 atom stereocenters. The minimum Gasteiger partial charge on any atom is -0.493 e. The topological polar surface area (TPSA) is 64.6 Å². The first kappa shape index (κ1) is 17.8. The van der Waals surface area contributed by atoms with Gasteiger partial charge in [-0.2, -0.15) is 0 Å². The molecule has 1 heterocycles. The Labute approximate surface area is 149 Å². The number of hydrogen-bond donors (Lipinski definition) is 1. The van der Waals surface area contributed by atoms with Crippen LogP contribution in [0.3, 0.4) is 0 Å². The largest absolute Gasteiger partial charge is 0.493 e. The molecule has 0 saturated heterocycles. The maximum Gasteiger partial charge on any atom is 0.240 e. The third kappa shape index (κ3) is 3.96. The molecule has 5 nitrogen and oxygen atoms in total. The van der Waals surface area contributed by atoms with E-state index in [1.54, 1.807) is 19.2 Å². The molecule has 6 heteroatoms. The minimum atomic E-state index is -3.57. The monoisotopic (exact) mass is 361 g/mol. The van der Waals surface area contributed by atoms with Gasteiger partial charge in [0.25, 0.3) is 0 Å². The molecule has 0 saturated carbocycles. The maximum absolute atomic E-state index is 12.6. The Morgan fingerprint density at radius 1 is 1.20 bits per heavy atom. The molecule has 0 fully saturated rings. The third-order valence-corrected chi connectivity index (χ3v) is 5.81. The zero-order valence-electron chi connectivity index (χ0n) is 14.5. The molecule has 0 unspecified atom stereocenters. The van der Waals surface area contributed by atoms with E-state index >= 15 is 0 Å². The van der Waals surface area contributed by atoms with Gasteiger partial charge in [0.2, 0.25) is 10.0 Å². The number of aryl methyl sites for hydroxylation is 1. The smallest absolute Gasteiger partial charge is 0.240 e. The summed E-state index contributed by atoms with van der Waals surface area (Å²) in [4.78, 5) is 0.281. The molecule has 0 aromatic heterocycles. The van der Waals surface area contributed by atoms with Gasteiger partial charge in [-0.1, -0.05) is 37.6 Å². The molecule has 25 heavy (non-hydrogen) atoms. The average molecular weight is 361 g/mol. The summed E-state index contributed by atoms with van der Waals surface area (Å²) in [5.74, 6) is 1.37. The highest BCUT2D eigenvalue weighted by molar-refractivity contribution is 7.89. The molecule has 2 aromatic rings. The quantitative estimate of drug-likeness (QED) is 0.859. The van der Waals surface area contributed by atoms with Crippen molar-refractivity contribution < 1.29 is 17.9 Å². The summed E-state index contributed by atoms with van der Waals surface area (Å²) in [5, 5.41) is 0. The van der Waals surface area contributed by atoms with E-state index in [1.165, 1.54) is 0 Å². The molecule has 1 aliphatic heterocycles. The highest BCUT2D eigenvalue weighted by atomic mass is 32.2. The Hall–Kier alpha value is -2.05. The van der Waals surface area contributed by atoms with E-state index in [1.807, 2.05) is 30.3 Å². The molecular formula is C19H23NO4S. The van der Waals surface area contributed by atoms with E-state index in [2.05, 4.69) is 11.6 Å². The summed E-state index contributed by atoms with van der Waals surface area (Å²) in [5.41, 5.74) is 2.08. The van der Waals surface area contributed by atoms with Crippen LogP contribution in [0.1, 0.15) is 24.5 Å². The molecular weight excluding hydrogens is 338 g/mol. The summed E-state index contributed by atoms with van der Waals surface area (Å²) >= 11 is 0. The van der Waals surface area contributed by atoms with Gasteiger partial charge >= 0.3 is 0 Å². The fraction of sp³-hybridized carbons (Fsp3) is 0.368. The lowest BCUT2D eigenvalue weighted by atomic mass is 10.0. The van der Waals surface area contributed by atoms with Crippen molar-refractivity contribution in [3.63, 3.8) is 0 Å². The molecule has 3 rings (SSSR count). The third-order valence-electron chi connectivity index (χ3n) is 4.27. The van der Waals surface area contributed by atoms with Crippen LogP contribution in [0, 0.1) is 0 Å². The minimum absolute atomic E-state index is 0.278. The van der Waals surface area contributed by atoms with Gasteiger partial charge in [-0.3, -0.25) is 0 Å². The second kappa shape index (κ2) is 7.45. The van der Waals surface area contributed by atoms with E-state index in [0.717, 1.165) is 24.0 Å². The van der Waals surface area contributed by atoms with Crippen LogP contribution in [0.4, 0.5) is 0 Å². The predicted octanol–water partition coefficient (Wildman–Crippen LogP) is 2.93. The lowest BCUT2D eigenvalue weighted by Gasteiger charge is -2.27. The molecule has 0 amide bonds. The summed E-state index contributed by atoms with van der Waals surface area (Å²) in [6, 6.07) is 12.4. The van der Waals surface area contributed by atoms with Crippen LogP contribution < -0.4 is 14.2 Å². The van der Waals surface area contributed by atoms with E-state index < -0.39 is 10.0 Å². The Balaban J connectivity index is 1.73. The molecule has 134 valence electrons. The average Bonchev–Trinajstić information content (AvgIpc) is 2.61. The van der Waals surface area contributed by atoms with Gasteiger partial charge in [-0.05, 0) is 42.2 Å². The van der Waals surface area contributed by atoms with Crippen LogP contribution in [-0.4, -0.2) is 28.2 Å². The number of methoxy groups -OCH3 is 1. The Bertz CT molecular complexity index is 831. The Morgan fingerprint density at radius 2 is 1.96 bits per heavy atom. The number of rotatable bonds is 6. The van der Waals surface area contributed by atoms with Crippen LogP contribution in [0.25, 0.3) is 0 Å². The second-order valence-electron chi connectivity index (χ2n) is 6.18. The number of nitrogens with one attached hydrogen (secondary N) is 1. The van der Waals surface area contributed by atoms with E-state index in [0.29, 0.717) is 17.9 Å². The molecule has 1 aliphatic rings. The number of ether oxygens (including phenoxy) is 2. The van der Waals surface area contributed by atoms with Crippen LogP contribution >= 0.6 is 0 Å². The Morgan fingerprint density at radius 3 is 2.64 bits per heavy atom. The van der Waals surface area contributed by atoms with Gasteiger partial charge in [0.05, 0.1) is 18.0 Å². The summed E-state index contributed by atoms with van der Waals surface area (Å²) < 4.78 is 39.0. The zero-order valence-corrected chi connectivity index (χ0v) is 15.3. The van der Waals surface area contributed by atoms with Crippen molar-refractivity contribution in [1.29, 1.82) is 0 Å². The molecule has 0 radical (unpaired) electrons. The fourth-order valence-corrected chi connectivity index (χ4v) is 4.26. The zero-order chi connectivity index (χ0) is 17.9. The highest BCUT2D eigenvalue weighted by Gasteiger charge is 2.27. The van der Waals surface area contributed by atoms with Crippen LogP contribution in [0.15, 0.2) is 47.4 Å². The first-order valence-electron chi connectivity index (χ1n) is 8.43. The van der Waals surface area contributed by atoms with Crippen molar-refractivity contribution in [2.75, 3.05) is 13.7 Å².